The van der Waals surface area contributed by atoms with Gasteiger partial charge in [-0.1, -0.05) is 18.2 Å². The second kappa shape index (κ2) is 9.45. The molecular formula is C24H18F3N3O5. The molecule has 11 heteroatoms. The Morgan fingerprint density at radius 1 is 1.06 bits per heavy atom. The number of nitro groups is 1. The second-order valence-electron chi connectivity index (χ2n) is 7.71. The summed E-state index contributed by atoms with van der Waals surface area (Å²) in [6.07, 6.45) is -3.86. The van der Waals surface area contributed by atoms with E-state index in [4.69, 9.17) is 0 Å². The average molecular weight is 485 g/mol. The third kappa shape index (κ3) is 5.40. The summed E-state index contributed by atoms with van der Waals surface area (Å²) in [5.41, 5.74) is 1.48. The van der Waals surface area contributed by atoms with Crippen LogP contribution in [0.15, 0.2) is 66.7 Å². The molecule has 0 radical (unpaired) electrons. The van der Waals surface area contributed by atoms with E-state index in [2.05, 4.69) is 10.1 Å². The Morgan fingerprint density at radius 3 is 2.46 bits per heavy atom. The Bertz CT molecular complexity index is 1290. The summed E-state index contributed by atoms with van der Waals surface area (Å²) in [5, 5.41) is 13.8. The number of rotatable bonds is 6. The van der Waals surface area contributed by atoms with E-state index >= 15 is 0 Å². The molecule has 0 unspecified atom stereocenters. The van der Waals surface area contributed by atoms with Crippen LogP contribution in [0.4, 0.5) is 30.2 Å². The highest BCUT2D eigenvalue weighted by molar-refractivity contribution is 6.09. The Labute approximate surface area is 197 Å². The van der Waals surface area contributed by atoms with Gasteiger partial charge in [0, 0.05) is 29.5 Å². The van der Waals surface area contributed by atoms with E-state index in [0.29, 0.717) is 12.1 Å². The number of nitrogens with one attached hydrogen (secondary N) is 1. The van der Waals surface area contributed by atoms with Crippen molar-refractivity contribution in [1.82, 2.24) is 0 Å². The minimum atomic E-state index is -4.61. The SMILES string of the molecule is O=C(Nc1ccc(C(=O)N2CCc3ccccc32)cc1)c1cc(OCC(F)(F)F)ccc1[N+](=O)[O-]. The van der Waals surface area contributed by atoms with Crippen molar-refractivity contribution in [2.75, 3.05) is 23.4 Å². The minimum absolute atomic E-state index is 0.210. The van der Waals surface area contributed by atoms with Gasteiger partial charge in [0.25, 0.3) is 17.5 Å². The minimum Gasteiger partial charge on any atom is -0.484 e. The number of para-hydroxylation sites is 1. The van der Waals surface area contributed by atoms with Gasteiger partial charge in [0.1, 0.15) is 11.3 Å². The molecule has 35 heavy (non-hydrogen) atoms. The zero-order valence-corrected chi connectivity index (χ0v) is 18.0. The van der Waals surface area contributed by atoms with Crippen LogP contribution in [-0.4, -0.2) is 36.1 Å². The zero-order chi connectivity index (χ0) is 25.2. The number of anilines is 2. The first-order valence-electron chi connectivity index (χ1n) is 10.4. The summed E-state index contributed by atoms with van der Waals surface area (Å²) in [6.45, 7) is -1.06. The van der Waals surface area contributed by atoms with Gasteiger partial charge in [-0.05, 0) is 54.4 Å². The molecule has 0 aromatic heterocycles. The molecular weight excluding hydrogens is 467 g/mol. The van der Waals surface area contributed by atoms with Gasteiger partial charge in [-0.25, -0.2) is 0 Å². The van der Waals surface area contributed by atoms with Gasteiger partial charge in [0.2, 0.25) is 0 Å². The van der Waals surface area contributed by atoms with Gasteiger partial charge in [0.05, 0.1) is 4.92 Å². The number of benzene rings is 3. The van der Waals surface area contributed by atoms with Crippen molar-refractivity contribution in [3.63, 3.8) is 0 Å². The number of amides is 2. The average Bonchev–Trinajstić information content (AvgIpc) is 3.26. The van der Waals surface area contributed by atoms with Crippen molar-refractivity contribution in [2.24, 2.45) is 0 Å². The van der Waals surface area contributed by atoms with Crippen LogP contribution < -0.4 is 15.0 Å². The highest BCUT2D eigenvalue weighted by atomic mass is 19.4. The third-order valence-corrected chi connectivity index (χ3v) is 5.33. The molecule has 1 N–H and O–H groups in total. The van der Waals surface area contributed by atoms with Crippen LogP contribution in [0.5, 0.6) is 5.75 Å². The largest absolute Gasteiger partial charge is 0.484 e. The molecule has 180 valence electrons. The van der Waals surface area contributed by atoms with Crippen molar-refractivity contribution in [2.45, 2.75) is 12.6 Å². The fraction of sp³-hybridized carbons (Fsp3) is 0.167. The molecule has 8 nitrogen and oxygen atoms in total. The number of carbonyl (C=O) groups is 2. The number of nitrogens with zero attached hydrogens (tertiary/aromatic N) is 2. The molecule has 1 heterocycles. The number of ether oxygens (including phenoxy) is 1. The van der Waals surface area contributed by atoms with Crippen molar-refractivity contribution >= 4 is 28.9 Å². The van der Waals surface area contributed by atoms with Gasteiger partial charge in [-0.2, -0.15) is 13.2 Å². The molecule has 0 bridgehead atoms. The number of carbonyl (C=O) groups excluding carboxylic acids is 2. The van der Waals surface area contributed by atoms with Crippen LogP contribution in [-0.2, 0) is 6.42 Å². The number of fused-ring (bicyclic) bond motifs is 1. The lowest BCUT2D eigenvalue weighted by Gasteiger charge is -2.17. The summed E-state index contributed by atoms with van der Waals surface area (Å²) in [6, 6.07) is 16.3. The summed E-state index contributed by atoms with van der Waals surface area (Å²) in [4.78, 5) is 37.8. The van der Waals surface area contributed by atoms with Crippen LogP contribution in [0, 0.1) is 10.1 Å². The Hall–Kier alpha value is -4.41. The molecule has 0 saturated heterocycles. The molecule has 2 amide bonds. The van der Waals surface area contributed by atoms with E-state index in [9.17, 15) is 32.9 Å². The Balaban J connectivity index is 1.49. The highest BCUT2D eigenvalue weighted by Gasteiger charge is 2.29. The predicted molar refractivity (Wildman–Crippen MR) is 121 cm³/mol. The van der Waals surface area contributed by atoms with E-state index in [1.54, 1.807) is 4.90 Å². The van der Waals surface area contributed by atoms with E-state index in [1.165, 1.54) is 24.3 Å². The summed E-state index contributed by atoms with van der Waals surface area (Å²) >= 11 is 0. The van der Waals surface area contributed by atoms with Crippen molar-refractivity contribution in [3.05, 3.63) is 93.5 Å². The molecule has 1 aliphatic heterocycles. The van der Waals surface area contributed by atoms with E-state index in [-0.39, 0.29) is 17.3 Å². The van der Waals surface area contributed by atoms with Gasteiger partial charge >= 0.3 is 6.18 Å². The molecule has 0 aliphatic carbocycles. The number of hydrogen-bond acceptors (Lipinski definition) is 5. The summed E-state index contributed by atoms with van der Waals surface area (Å²) in [5.74, 6) is -1.47. The van der Waals surface area contributed by atoms with Gasteiger partial charge in [-0.15, -0.1) is 0 Å². The maximum Gasteiger partial charge on any atom is 0.422 e. The lowest BCUT2D eigenvalue weighted by atomic mass is 10.1. The molecule has 1 aliphatic rings. The second-order valence-corrected chi connectivity index (χ2v) is 7.71. The number of hydrogen-bond donors (Lipinski definition) is 1. The first-order valence-corrected chi connectivity index (χ1v) is 10.4. The standard InChI is InChI=1S/C24H18F3N3O5/c25-24(26,27)14-35-18-9-10-21(30(33)34)19(13-18)22(31)28-17-7-5-16(6-8-17)23(32)29-12-11-15-3-1-2-4-20(15)29/h1-10,13H,11-12,14H2,(H,28,31). The van der Waals surface area contributed by atoms with Crippen molar-refractivity contribution in [3.8, 4) is 5.75 Å². The zero-order valence-electron chi connectivity index (χ0n) is 18.0. The smallest absolute Gasteiger partial charge is 0.422 e. The lowest BCUT2D eigenvalue weighted by molar-refractivity contribution is -0.385. The van der Waals surface area contributed by atoms with Crippen LogP contribution in [0.25, 0.3) is 0 Å². The van der Waals surface area contributed by atoms with E-state index in [1.807, 2.05) is 24.3 Å². The number of alkyl halides is 3. The third-order valence-electron chi connectivity index (χ3n) is 5.33. The van der Waals surface area contributed by atoms with Crippen LogP contribution in [0.1, 0.15) is 26.3 Å². The number of nitro benzene ring substituents is 1. The number of halogens is 3. The van der Waals surface area contributed by atoms with Gasteiger partial charge in [-0.3, -0.25) is 19.7 Å². The van der Waals surface area contributed by atoms with Crippen molar-refractivity contribution < 1.29 is 32.4 Å². The Morgan fingerprint density at radius 2 is 1.77 bits per heavy atom. The fourth-order valence-corrected chi connectivity index (χ4v) is 3.71. The van der Waals surface area contributed by atoms with E-state index in [0.717, 1.165) is 35.9 Å². The Kier molecular flexibility index (Phi) is 6.41. The van der Waals surface area contributed by atoms with Crippen molar-refractivity contribution in [1.29, 1.82) is 0 Å². The first-order chi connectivity index (χ1) is 16.6. The predicted octanol–water partition coefficient (Wildman–Crippen LogP) is 4.99. The molecule has 0 fully saturated rings. The molecule has 0 spiro atoms. The first kappa shape index (κ1) is 23.7. The molecule has 3 aromatic carbocycles. The van der Waals surface area contributed by atoms with E-state index < -0.39 is 34.9 Å². The topological polar surface area (TPSA) is 102 Å². The van der Waals surface area contributed by atoms with Crippen LogP contribution >= 0.6 is 0 Å². The lowest BCUT2D eigenvalue weighted by Crippen LogP contribution is -2.28. The normalized spacial score (nSPS) is 12.7. The molecule has 3 aromatic rings. The maximum absolute atomic E-state index is 12.9. The quantitative estimate of drug-likeness (QED) is 0.392. The van der Waals surface area contributed by atoms with Crippen LogP contribution in [0.3, 0.4) is 0 Å². The monoisotopic (exact) mass is 485 g/mol. The maximum atomic E-state index is 12.9. The fourth-order valence-electron chi connectivity index (χ4n) is 3.71. The van der Waals surface area contributed by atoms with Gasteiger partial charge < -0.3 is 15.0 Å². The summed E-state index contributed by atoms with van der Waals surface area (Å²) in [7, 11) is 0. The summed E-state index contributed by atoms with van der Waals surface area (Å²) < 4.78 is 41.8. The molecule has 0 saturated carbocycles. The molecule has 0 atom stereocenters. The molecule has 4 rings (SSSR count). The van der Waals surface area contributed by atoms with Gasteiger partial charge in [0.15, 0.2) is 6.61 Å². The van der Waals surface area contributed by atoms with Crippen LogP contribution in [0.2, 0.25) is 0 Å². The highest BCUT2D eigenvalue weighted by Crippen LogP contribution is 2.30.